The van der Waals surface area contributed by atoms with Gasteiger partial charge < -0.3 is 19.5 Å². The molecule has 1 saturated heterocycles. The molecule has 2 rings (SSSR count). The van der Waals surface area contributed by atoms with Gasteiger partial charge in [-0.15, -0.1) is 0 Å². The van der Waals surface area contributed by atoms with Crippen LogP contribution in [0, 0.1) is 0 Å². The zero-order valence-electron chi connectivity index (χ0n) is 12.2. The number of phenols is 1. The van der Waals surface area contributed by atoms with E-state index >= 15 is 0 Å². The van der Waals surface area contributed by atoms with Crippen molar-refractivity contribution in [1.29, 1.82) is 0 Å². The summed E-state index contributed by atoms with van der Waals surface area (Å²) < 4.78 is 9.59. The van der Waals surface area contributed by atoms with Crippen LogP contribution >= 0.6 is 0 Å². The summed E-state index contributed by atoms with van der Waals surface area (Å²) in [6, 6.07) is 3.11. The zero-order valence-corrected chi connectivity index (χ0v) is 12.2. The number of nitrogens with zero attached hydrogens (tertiary/aromatic N) is 1. The van der Waals surface area contributed by atoms with Crippen molar-refractivity contribution in [2.75, 3.05) is 31.7 Å². The molecule has 0 aromatic heterocycles. The summed E-state index contributed by atoms with van der Waals surface area (Å²) in [4.78, 5) is 25.8. The Balaban J connectivity index is 2.49. The highest BCUT2D eigenvalue weighted by atomic mass is 16.5. The van der Waals surface area contributed by atoms with Gasteiger partial charge in [-0.25, -0.2) is 9.59 Å². The second-order valence-electron chi connectivity index (χ2n) is 4.80. The van der Waals surface area contributed by atoms with Gasteiger partial charge in [-0.3, -0.25) is 0 Å². The van der Waals surface area contributed by atoms with Crippen LogP contribution in [0.15, 0.2) is 12.1 Å². The summed E-state index contributed by atoms with van der Waals surface area (Å²) in [6.45, 7) is 3.58. The molecule has 114 valence electrons. The number of methoxy groups -OCH3 is 1. The van der Waals surface area contributed by atoms with Crippen molar-refractivity contribution in [2.45, 2.75) is 19.8 Å². The largest absolute Gasteiger partial charge is 0.506 e. The summed E-state index contributed by atoms with van der Waals surface area (Å²) in [5.41, 5.74) is 0.681. The highest BCUT2D eigenvalue weighted by molar-refractivity contribution is 6.01. The van der Waals surface area contributed by atoms with Crippen LogP contribution in [0.25, 0.3) is 0 Å². The molecule has 1 aliphatic rings. The predicted molar refractivity (Wildman–Crippen MR) is 76.8 cm³/mol. The van der Waals surface area contributed by atoms with Gasteiger partial charge in [-0.1, -0.05) is 0 Å². The molecule has 0 unspecified atom stereocenters. The van der Waals surface area contributed by atoms with Gasteiger partial charge in [0.15, 0.2) is 0 Å². The maximum atomic E-state index is 11.9. The van der Waals surface area contributed by atoms with E-state index in [0.717, 1.165) is 25.9 Å². The molecule has 1 aliphatic heterocycles. The van der Waals surface area contributed by atoms with E-state index in [0.29, 0.717) is 5.69 Å². The number of esters is 2. The Morgan fingerprint density at radius 1 is 1.19 bits per heavy atom. The third kappa shape index (κ3) is 3.09. The van der Waals surface area contributed by atoms with Crippen LogP contribution in [-0.2, 0) is 9.47 Å². The topological polar surface area (TPSA) is 76.1 Å². The molecule has 1 heterocycles. The molecule has 0 spiro atoms. The third-order valence-corrected chi connectivity index (χ3v) is 3.47. The van der Waals surface area contributed by atoms with Crippen molar-refractivity contribution in [3.63, 3.8) is 0 Å². The summed E-state index contributed by atoms with van der Waals surface area (Å²) in [7, 11) is 1.23. The molecule has 0 amide bonds. The minimum atomic E-state index is -0.681. The average Bonchev–Trinajstić information content (AvgIpc) is 3.01. The van der Waals surface area contributed by atoms with E-state index in [1.165, 1.54) is 7.11 Å². The van der Waals surface area contributed by atoms with E-state index in [9.17, 15) is 14.7 Å². The Morgan fingerprint density at radius 3 is 2.29 bits per heavy atom. The van der Waals surface area contributed by atoms with E-state index in [1.807, 2.05) is 0 Å². The van der Waals surface area contributed by atoms with E-state index in [2.05, 4.69) is 9.64 Å². The molecule has 1 N–H and O–H groups in total. The van der Waals surface area contributed by atoms with Gasteiger partial charge in [0, 0.05) is 18.8 Å². The van der Waals surface area contributed by atoms with Gasteiger partial charge in [0.05, 0.1) is 13.7 Å². The zero-order chi connectivity index (χ0) is 15.4. The van der Waals surface area contributed by atoms with Gasteiger partial charge >= 0.3 is 11.9 Å². The van der Waals surface area contributed by atoms with Gasteiger partial charge in [0.1, 0.15) is 16.9 Å². The fraction of sp³-hybridized carbons (Fsp3) is 0.467. The van der Waals surface area contributed by atoms with Gasteiger partial charge in [-0.2, -0.15) is 0 Å². The number of phenolic OH excluding ortho intramolecular Hbond substituents is 1. The molecule has 1 aromatic rings. The maximum Gasteiger partial charge on any atom is 0.342 e. The molecule has 1 fully saturated rings. The number of benzene rings is 1. The lowest BCUT2D eigenvalue weighted by atomic mass is 10.1. The number of rotatable bonds is 4. The number of anilines is 1. The van der Waals surface area contributed by atoms with Crippen molar-refractivity contribution in [3.8, 4) is 5.75 Å². The molecule has 1 aromatic carbocycles. The predicted octanol–water partition coefficient (Wildman–Crippen LogP) is 1.96. The number of aromatic hydroxyl groups is 1. The van der Waals surface area contributed by atoms with E-state index in [4.69, 9.17) is 4.74 Å². The van der Waals surface area contributed by atoms with Gasteiger partial charge in [-0.05, 0) is 31.9 Å². The number of hydrogen-bond donors (Lipinski definition) is 1. The second-order valence-corrected chi connectivity index (χ2v) is 4.80. The first-order valence-electron chi connectivity index (χ1n) is 6.95. The van der Waals surface area contributed by atoms with Crippen LogP contribution in [0.1, 0.15) is 40.5 Å². The molecule has 0 aliphatic carbocycles. The highest BCUT2D eigenvalue weighted by Gasteiger charge is 2.24. The lowest BCUT2D eigenvalue weighted by molar-refractivity contribution is 0.0523. The van der Waals surface area contributed by atoms with E-state index < -0.39 is 17.7 Å². The minimum Gasteiger partial charge on any atom is -0.506 e. The molecule has 0 saturated carbocycles. The lowest BCUT2D eigenvalue weighted by Gasteiger charge is -2.20. The summed E-state index contributed by atoms with van der Waals surface area (Å²) >= 11 is 0. The molecule has 21 heavy (non-hydrogen) atoms. The summed E-state index contributed by atoms with van der Waals surface area (Å²) in [5.74, 6) is -1.73. The van der Waals surface area contributed by atoms with Crippen molar-refractivity contribution in [3.05, 3.63) is 23.3 Å². The van der Waals surface area contributed by atoms with E-state index in [1.54, 1.807) is 19.1 Å². The second kappa shape index (κ2) is 6.47. The SMILES string of the molecule is CCOC(=O)c1cc(N2CCCC2)cc(C(=O)OC)c1O. The molecule has 0 bridgehead atoms. The maximum absolute atomic E-state index is 11.9. The van der Waals surface area contributed by atoms with Crippen LogP contribution < -0.4 is 4.90 Å². The Bertz CT molecular complexity index is 549. The fourth-order valence-corrected chi connectivity index (χ4v) is 2.41. The summed E-state index contributed by atoms with van der Waals surface area (Å²) in [6.07, 6.45) is 2.12. The quantitative estimate of drug-likeness (QED) is 0.855. The number of carbonyl (C=O) groups excluding carboxylic acids is 2. The first-order valence-corrected chi connectivity index (χ1v) is 6.95. The van der Waals surface area contributed by atoms with Crippen LogP contribution in [0.3, 0.4) is 0 Å². The van der Waals surface area contributed by atoms with Crippen molar-refractivity contribution < 1.29 is 24.2 Å². The van der Waals surface area contributed by atoms with Crippen molar-refractivity contribution in [1.82, 2.24) is 0 Å². The standard InChI is InChI=1S/C15H19NO5/c1-3-21-15(19)12-9-10(16-6-4-5-7-16)8-11(13(12)17)14(18)20-2/h8-9,17H,3-7H2,1-2H3. The number of ether oxygens (including phenoxy) is 2. The first kappa shape index (κ1) is 15.2. The Morgan fingerprint density at radius 2 is 1.76 bits per heavy atom. The van der Waals surface area contributed by atoms with Crippen LogP contribution in [-0.4, -0.2) is 43.9 Å². The highest BCUT2D eigenvalue weighted by Crippen LogP contribution is 2.31. The molecular formula is C15H19NO5. The van der Waals surface area contributed by atoms with Crippen LogP contribution in [0.2, 0.25) is 0 Å². The Labute approximate surface area is 123 Å². The molecule has 0 atom stereocenters. The Kier molecular flexibility index (Phi) is 4.67. The smallest absolute Gasteiger partial charge is 0.342 e. The van der Waals surface area contributed by atoms with Gasteiger partial charge in [0.2, 0.25) is 0 Å². The van der Waals surface area contributed by atoms with E-state index in [-0.39, 0.29) is 17.7 Å². The monoisotopic (exact) mass is 293 g/mol. The molecule has 0 radical (unpaired) electrons. The average molecular weight is 293 g/mol. The van der Waals surface area contributed by atoms with Crippen molar-refractivity contribution >= 4 is 17.6 Å². The Hall–Kier alpha value is -2.24. The molecule has 6 nitrogen and oxygen atoms in total. The normalized spacial score (nSPS) is 14.1. The van der Waals surface area contributed by atoms with Crippen LogP contribution in [0.4, 0.5) is 5.69 Å². The van der Waals surface area contributed by atoms with Gasteiger partial charge in [0.25, 0.3) is 0 Å². The van der Waals surface area contributed by atoms with Crippen LogP contribution in [0.5, 0.6) is 5.75 Å². The first-order chi connectivity index (χ1) is 10.1. The minimum absolute atomic E-state index is 0.0124. The summed E-state index contributed by atoms with van der Waals surface area (Å²) in [5, 5.41) is 10.1. The number of carbonyl (C=O) groups is 2. The third-order valence-electron chi connectivity index (χ3n) is 3.47. The molecule has 6 heteroatoms. The fourth-order valence-electron chi connectivity index (χ4n) is 2.41. The van der Waals surface area contributed by atoms with Crippen molar-refractivity contribution in [2.24, 2.45) is 0 Å². The molecular weight excluding hydrogens is 274 g/mol. The lowest BCUT2D eigenvalue weighted by Crippen LogP contribution is -2.19. The number of hydrogen-bond acceptors (Lipinski definition) is 6.